The van der Waals surface area contributed by atoms with Crippen molar-refractivity contribution < 1.29 is 0 Å². The average molecular weight is 283 g/mol. The van der Waals surface area contributed by atoms with Crippen LogP contribution < -0.4 is 5.56 Å². The van der Waals surface area contributed by atoms with Gasteiger partial charge in [-0.15, -0.1) is 0 Å². The SMILES string of the molecule is O=c1[nH]n(CCN2CC3CCC2C3)cc1-c1ccccc1. The van der Waals surface area contributed by atoms with E-state index in [0.29, 0.717) is 0 Å². The molecule has 1 aromatic carbocycles. The molecule has 4 heteroatoms. The summed E-state index contributed by atoms with van der Waals surface area (Å²) >= 11 is 0. The molecule has 4 rings (SSSR count). The van der Waals surface area contributed by atoms with Crippen LogP contribution in [0.3, 0.4) is 0 Å². The van der Waals surface area contributed by atoms with Gasteiger partial charge in [-0.3, -0.25) is 19.5 Å². The van der Waals surface area contributed by atoms with Gasteiger partial charge in [0.25, 0.3) is 5.56 Å². The third-order valence-corrected chi connectivity index (χ3v) is 5.01. The number of aromatic nitrogens is 2. The van der Waals surface area contributed by atoms with E-state index >= 15 is 0 Å². The number of fused-ring (bicyclic) bond motifs is 2. The van der Waals surface area contributed by atoms with Crippen LogP contribution in [-0.2, 0) is 6.54 Å². The van der Waals surface area contributed by atoms with E-state index in [-0.39, 0.29) is 5.56 Å². The van der Waals surface area contributed by atoms with Gasteiger partial charge >= 0.3 is 0 Å². The highest BCUT2D eigenvalue weighted by molar-refractivity contribution is 5.61. The summed E-state index contributed by atoms with van der Waals surface area (Å²) in [6.07, 6.45) is 6.12. The highest BCUT2D eigenvalue weighted by Crippen LogP contribution is 2.36. The first kappa shape index (κ1) is 12.9. The van der Waals surface area contributed by atoms with E-state index in [9.17, 15) is 4.79 Å². The summed E-state index contributed by atoms with van der Waals surface area (Å²) in [4.78, 5) is 14.7. The number of hydrogen-bond donors (Lipinski definition) is 1. The van der Waals surface area contributed by atoms with E-state index in [1.54, 1.807) is 0 Å². The van der Waals surface area contributed by atoms with Gasteiger partial charge in [-0.2, -0.15) is 0 Å². The maximum Gasteiger partial charge on any atom is 0.271 e. The lowest BCUT2D eigenvalue weighted by molar-refractivity contribution is 0.203. The molecule has 0 radical (unpaired) electrons. The molecule has 0 amide bonds. The number of aromatic amines is 1. The van der Waals surface area contributed by atoms with Gasteiger partial charge in [0, 0.05) is 25.3 Å². The Morgan fingerprint density at radius 1 is 1.14 bits per heavy atom. The minimum Gasteiger partial charge on any atom is -0.298 e. The first-order valence-electron chi connectivity index (χ1n) is 7.88. The Balaban J connectivity index is 1.46. The van der Waals surface area contributed by atoms with E-state index in [0.717, 1.165) is 36.2 Å². The number of likely N-dealkylation sites (tertiary alicyclic amines) is 1. The van der Waals surface area contributed by atoms with E-state index in [1.807, 2.05) is 41.2 Å². The molecule has 2 aromatic rings. The van der Waals surface area contributed by atoms with Crippen LogP contribution in [0.15, 0.2) is 41.3 Å². The van der Waals surface area contributed by atoms with E-state index in [2.05, 4.69) is 10.00 Å². The second kappa shape index (κ2) is 5.19. The molecule has 1 aliphatic heterocycles. The van der Waals surface area contributed by atoms with Gasteiger partial charge in [0.15, 0.2) is 0 Å². The largest absolute Gasteiger partial charge is 0.298 e. The number of H-pyrrole nitrogens is 1. The second-order valence-corrected chi connectivity index (χ2v) is 6.37. The van der Waals surface area contributed by atoms with Crippen LogP contribution in [0.25, 0.3) is 11.1 Å². The average Bonchev–Trinajstić information content (AvgIpc) is 3.21. The molecule has 2 atom stereocenters. The molecular weight excluding hydrogens is 262 g/mol. The summed E-state index contributed by atoms with van der Waals surface area (Å²) in [5.41, 5.74) is 1.75. The quantitative estimate of drug-likeness (QED) is 0.935. The van der Waals surface area contributed by atoms with Crippen LogP contribution in [0.2, 0.25) is 0 Å². The molecule has 2 fully saturated rings. The molecule has 4 nitrogen and oxygen atoms in total. The standard InChI is InChI=1S/C17H21N3O/c21-17-16(14-4-2-1-3-5-14)12-20(18-17)9-8-19-11-13-6-7-15(19)10-13/h1-5,12-13,15H,6-11H2,(H,18,21). The fourth-order valence-electron chi connectivity index (χ4n) is 3.92. The van der Waals surface area contributed by atoms with Crippen LogP contribution in [0.1, 0.15) is 19.3 Å². The van der Waals surface area contributed by atoms with Gasteiger partial charge in [0.1, 0.15) is 0 Å². The molecule has 1 saturated carbocycles. The molecule has 2 aliphatic rings. The Labute approximate surface area is 124 Å². The van der Waals surface area contributed by atoms with Crippen molar-refractivity contribution in [3.05, 3.63) is 46.9 Å². The molecule has 1 N–H and O–H groups in total. The van der Waals surface area contributed by atoms with Crippen molar-refractivity contribution >= 4 is 0 Å². The van der Waals surface area contributed by atoms with Crippen LogP contribution in [0.5, 0.6) is 0 Å². The van der Waals surface area contributed by atoms with Gasteiger partial charge < -0.3 is 0 Å². The fourth-order valence-corrected chi connectivity index (χ4v) is 3.92. The van der Waals surface area contributed by atoms with Crippen molar-refractivity contribution in [2.75, 3.05) is 13.1 Å². The summed E-state index contributed by atoms with van der Waals surface area (Å²) in [7, 11) is 0. The van der Waals surface area contributed by atoms with Gasteiger partial charge in [-0.05, 0) is 30.7 Å². The van der Waals surface area contributed by atoms with Crippen molar-refractivity contribution in [2.45, 2.75) is 31.8 Å². The zero-order valence-corrected chi connectivity index (χ0v) is 12.2. The topological polar surface area (TPSA) is 41.0 Å². The monoisotopic (exact) mass is 283 g/mol. The van der Waals surface area contributed by atoms with Gasteiger partial charge in [-0.25, -0.2) is 0 Å². The Bertz CT molecular complexity index is 673. The predicted molar refractivity (Wildman–Crippen MR) is 83.2 cm³/mol. The summed E-state index contributed by atoms with van der Waals surface area (Å²) in [6.45, 7) is 3.16. The van der Waals surface area contributed by atoms with Crippen molar-refractivity contribution in [3.63, 3.8) is 0 Å². The Kier molecular flexibility index (Phi) is 3.19. The lowest BCUT2D eigenvalue weighted by Crippen LogP contribution is -2.34. The Morgan fingerprint density at radius 2 is 2.00 bits per heavy atom. The van der Waals surface area contributed by atoms with Crippen molar-refractivity contribution in [2.24, 2.45) is 5.92 Å². The van der Waals surface area contributed by atoms with Gasteiger partial charge in [-0.1, -0.05) is 30.3 Å². The summed E-state index contributed by atoms with van der Waals surface area (Å²) in [6, 6.07) is 10.7. The van der Waals surface area contributed by atoms with Crippen LogP contribution in [0, 0.1) is 5.92 Å². The Hall–Kier alpha value is -1.81. The lowest BCUT2D eigenvalue weighted by atomic mass is 10.1. The molecule has 1 saturated heterocycles. The van der Waals surface area contributed by atoms with Gasteiger partial charge in [0.05, 0.1) is 12.1 Å². The molecule has 21 heavy (non-hydrogen) atoms. The van der Waals surface area contributed by atoms with E-state index in [1.165, 1.54) is 25.8 Å². The van der Waals surface area contributed by atoms with Crippen LogP contribution in [0.4, 0.5) is 0 Å². The highest BCUT2D eigenvalue weighted by Gasteiger charge is 2.37. The lowest BCUT2D eigenvalue weighted by Gasteiger charge is -2.26. The summed E-state index contributed by atoms with van der Waals surface area (Å²) < 4.78 is 1.94. The first-order chi connectivity index (χ1) is 10.3. The molecule has 110 valence electrons. The first-order valence-corrected chi connectivity index (χ1v) is 7.88. The van der Waals surface area contributed by atoms with E-state index in [4.69, 9.17) is 0 Å². The number of hydrogen-bond acceptors (Lipinski definition) is 2. The maximum atomic E-state index is 12.1. The molecule has 1 aromatic heterocycles. The number of piperidine rings is 1. The minimum atomic E-state index is 0.00384. The zero-order valence-electron chi connectivity index (χ0n) is 12.2. The predicted octanol–water partition coefficient (Wildman–Crippen LogP) is 2.33. The van der Waals surface area contributed by atoms with Gasteiger partial charge in [0.2, 0.25) is 0 Å². The molecule has 2 heterocycles. The third-order valence-electron chi connectivity index (χ3n) is 5.01. The number of benzene rings is 1. The second-order valence-electron chi connectivity index (χ2n) is 6.37. The number of nitrogens with zero attached hydrogens (tertiary/aromatic N) is 2. The zero-order chi connectivity index (χ0) is 14.2. The fraction of sp³-hybridized carbons (Fsp3) is 0.471. The van der Waals surface area contributed by atoms with Crippen molar-refractivity contribution in [1.29, 1.82) is 0 Å². The molecule has 1 aliphatic carbocycles. The Morgan fingerprint density at radius 3 is 2.71 bits per heavy atom. The number of rotatable bonds is 4. The van der Waals surface area contributed by atoms with Crippen LogP contribution in [-0.4, -0.2) is 33.8 Å². The maximum absolute atomic E-state index is 12.1. The molecule has 2 unspecified atom stereocenters. The molecular formula is C17H21N3O. The molecule has 2 bridgehead atoms. The summed E-state index contributed by atoms with van der Waals surface area (Å²) in [5.74, 6) is 0.929. The van der Waals surface area contributed by atoms with Crippen molar-refractivity contribution in [3.8, 4) is 11.1 Å². The molecule has 0 spiro atoms. The normalized spacial score (nSPS) is 24.8. The minimum absolute atomic E-state index is 0.00384. The smallest absolute Gasteiger partial charge is 0.271 e. The van der Waals surface area contributed by atoms with Crippen LogP contribution >= 0.6 is 0 Å². The van der Waals surface area contributed by atoms with E-state index < -0.39 is 0 Å². The van der Waals surface area contributed by atoms with Crippen molar-refractivity contribution in [1.82, 2.24) is 14.7 Å². The third kappa shape index (κ3) is 2.44. The highest BCUT2D eigenvalue weighted by atomic mass is 16.1. The number of nitrogens with one attached hydrogen (secondary N) is 1. The summed E-state index contributed by atoms with van der Waals surface area (Å²) in [5, 5.41) is 2.95.